The van der Waals surface area contributed by atoms with Crippen LogP contribution in [0.15, 0.2) is 66.4 Å². The molecule has 1 N–H and O–H groups in total. The molecule has 186 valence electrons. The Balaban J connectivity index is 1.29. The molecule has 3 aliphatic heterocycles. The molecule has 3 heterocycles. The fourth-order valence-electron chi connectivity index (χ4n) is 5.97. The van der Waals surface area contributed by atoms with Gasteiger partial charge < -0.3 is 9.91 Å². The summed E-state index contributed by atoms with van der Waals surface area (Å²) in [5.41, 5.74) is 8.95. The molecule has 0 radical (unpaired) electrons. The molecule has 2 saturated heterocycles. The first-order chi connectivity index (χ1) is 17.1. The van der Waals surface area contributed by atoms with Crippen LogP contribution in [0.1, 0.15) is 74.2 Å². The number of aryl methyl sites for hydroxylation is 1. The molecular weight excluding hydrogens is 432 g/mol. The lowest BCUT2D eigenvalue weighted by molar-refractivity contribution is -0.133. The molecule has 1 amide bonds. The number of hydrazine groups is 1. The number of likely N-dealkylation sites (tertiary alicyclic amines) is 1. The van der Waals surface area contributed by atoms with Crippen LogP contribution in [0.5, 0.6) is 0 Å². The number of amides is 1. The average molecular weight is 473 g/mol. The number of carbonyl (C=O) groups is 1. The molecule has 2 aromatic rings. The molecule has 2 aromatic carbocycles. The number of nitrogens with one attached hydrogen (secondary N) is 1. The number of carbonyl (C=O) groups excluding carboxylic acids is 1. The zero-order valence-corrected chi connectivity index (χ0v) is 21.3. The maximum atomic E-state index is 13.5. The molecule has 3 aliphatic rings. The third-order valence-corrected chi connectivity index (χ3v) is 7.86. The average Bonchev–Trinajstić information content (AvgIpc) is 3.53. The molecule has 0 spiro atoms. The fraction of sp³-hybridized carbons (Fsp3) is 0.500. The maximum Gasteiger partial charge on any atom is 0.237 e. The van der Waals surface area contributed by atoms with Crippen molar-refractivity contribution in [3.63, 3.8) is 0 Å². The van der Waals surface area contributed by atoms with Gasteiger partial charge in [0, 0.05) is 25.3 Å². The van der Waals surface area contributed by atoms with E-state index in [-0.39, 0.29) is 18.0 Å². The lowest BCUT2D eigenvalue weighted by Crippen LogP contribution is -2.56. The highest BCUT2D eigenvalue weighted by Gasteiger charge is 2.37. The number of hydrogen-bond donors (Lipinski definition) is 1. The van der Waals surface area contributed by atoms with E-state index in [1.807, 2.05) is 0 Å². The van der Waals surface area contributed by atoms with Crippen molar-refractivity contribution in [3.05, 3.63) is 83.1 Å². The van der Waals surface area contributed by atoms with Crippen molar-refractivity contribution in [1.29, 1.82) is 0 Å². The number of rotatable bonds is 8. The van der Waals surface area contributed by atoms with Crippen molar-refractivity contribution >= 4 is 5.91 Å². The largest absolute Gasteiger partial charge is 0.335 e. The van der Waals surface area contributed by atoms with E-state index in [4.69, 9.17) is 0 Å². The Morgan fingerprint density at radius 1 is 1.03 bits per heavy atom. The first-order valence-corrected chi connectivity index (χ1v) is 13.5. The van der Waals surface area contributed by atoms with Gasteiger partial charge in [0.15, 0.2) is 0 Å². The Labute approximate surface area is 210 Å². The van der Waals surface area contributed by atoms with Gasteiger partial charge in [0.2, 0.25) is 5.91 Å². The summed E-state index contributed by atoms with van der Waals surface area (Å²) in [6, 6.07) is 20.2. The standard InChI is InChI=1S/C30H40N4O/c1-3-4-6-12-26-20-32(21-27-19-28(31-34(26)27)24-16-14-23(2)15-17-24)22-30(35)33-18-9-13-29(33)25-10-7-5-8-11-25/h5,7-8,10-11,14-17,19,26,28-29,31H,3-4,6,9,12-13,18,20-22H2,1-2H3. The van der Waals surface area contributed by atoms with E-state index in [1.54, 1.807) is 0 Å². The third-order valence-electron chi connectivity index (χ3n) is 7.86. The van der Waals surface area contributed by atoms with Gasteiger partial charge in [-0.3, -0.25) is 9.69 Å². The molecule has 35 heavy (non-hydrogen) atoms. The molecular formula is C30H40N4O. The van der Waals surface area contributed by atoms with Crippen LogP contribution < -0.4 is 5.43 Å². The van der Waals surface area contributed by atoms with Gasteiger partial charge in [-0.1, -0.05) is 86.3 Å². The maximum absolute atomic E-state index is 13.5. The topological polar surface area (TPSA) is 38.8 Å². The van der Waals surface area contributed by atoms with E-state index in [9.17, 15) is 4.79 Å². The van der Waals surface area contributed by atoms with Crippen molar-refractivity contribution in [3.8, 4) is 0 Å². The van der Waals surface area contributed by atoms with Gasteiger partial charge in [-0.2, -0.15) is 0 Å². The van der Waals surface area contributed by atoms with Gasteiger partial charge >= 0.3 is 0 Å². The van der Waals surface area contributed by atoms with Crippen LogP contribution in [-0.2, 0) is 4.79 Å². The van der Waals surface area contributed by atoms with Crippen molar-refractivity contribution in [2.45, 2.75) is 70.5 Å². The Kier molecular flexibility index (Phi) is 7.54. The molecule has 0 aliphatic carbocycles. The van der Waals surface area contributed by atoms with Crippen LogP contribution in [0, 0.1) is 6.92 Å². The highest BCUT2D eigenvalue weighted by molar-refractivity contribution is 5.79. The summed E-state index contributed by atoms with van der Waals surface area (Å²) in [7, 11) is 0. The quantitative estimate of drug-likeness (QED) is 0.525. The Bertz CT molecular complexity index is 1020. The second kappa shape index (κ2) is 11.0. The molecule has 0 bridgehead atoms. The first kappa shape index (κ1) is 24.1. The summed E-state index contributed by atoms with van der Waals surface area (Å²) in [5, 5.41) is 2.42. The number of fused-ring (bicyclic) bond motifs is 1. The molecule has 5 nitrogen and oxygen atoms in total. The monoisotopic (exact) mass is 472 g/mol. The number of piperazine rings is 1. The smallest absolute Gasteiger partial charge is 0.237 e. The second-order valence-electron chi connectivity index (χ2n) is 10.5. The summed E-state index contributed by atoms with van der Waals surface area (Å²) in [6.45, 7) is 7.54. The van der Waals surface area contributed by atoms with Crippen molar-refractivity contribution in [1.82, 2.24) is 20.2 Å². The van der Waals surface area contributed by atoms with E-state index in [0.29, 0.717) is 12.6 Å². The van der Waals surface area contributed by atoms with Gasteiger partial charge in [-0.05, 0) is 43.4 Å². The van der Waals surface area contributed by atoms with Gasteiger partial charge in [0.05, 0.1) is 24.7 Å². The van der Waals surface area contributed by atoms with Gasteiger partial charge in [0.1, 0.15) is 0 Å². The normalized spacial score (nSPS) is 24.5. The SMILES string of the molecule is CCCCCC1CN(CC(=O)N2CCCC2c2ccccc2)CC2=CC(c3ccc(C)cc3)NN21. The Hall–Kier alpha value is -2.63. The highest BCUT2D eigenvalue weighted by Crippen LogP contribution is 2.34. The molecule has 5 heteroatoms. The molecule has 0 aromatic heterocycles. The van der Waals surface area contributed by atoms with Gasteiger partial charge in [0.25, 0.3) is 0 Å². The number of unbranched alkanes of at least 4 members (excludes halogenated alkanes) is 2. The molecule has 0 saturated carbocycles. The predicted molar refractivity (Wildman–Crippen MR) is 141 cm³/mol. The van der Waals surface area contributed by atoms with E-state index in [2.05, 4.69) is 94.8 Å². The lowest BCUT2D eigenvalue weighted by Gasteiger charge is -2.42. The number of hydrogen-bond acceptors (Lipinski definition) is 4. The molecule has 5 rings (SSSR count). The van der Waals surface area contributed by atoms with Crippen molar-refractivity contribution < 1.29 is 4.79 Å². The van der Waals surface area contributed by atoms with Gasteiger partial charge in [-0.25, -0.2) is 5.43 Å². The predicted octanol–water partition coefficient (Wildman–Crippen LogP) is 5.37. The summed E-state index contributed by atoms with van der Waals surface area (Å²) in [5.74, 6) is 0.277. The van der Waals surface area contributed by atoms with Crippen molar-refractivity contribution in [2.24, 2.45) is 0 Å². The molecule has 2 fully saturated rings. The zero-order valence-electron chi connectivity index (χ0n) is 21.3. The zero-order chi connectivity index (χ0) is 24.2. The third kappa shape index (κ3) is 5.46. The summed E-state index contributed by atoms with van der Waals surface area (Å²) in [6.07, 6.45) is 9.40. The highest BCUT2D eigenvalue weighted by atomic mass is 16.2. The van der Waals surface area contributed by atoms with E-state index < -0.39 is 0 Å². The Morgan fingerprint density at radius 2 is 1.83 bits per heavy atom. The van der Waals surface area contributed by atoms with Crippen LogP contribution >= 0.6 is 0 Å². The van der Waals surface area contributed by atoms with Crippen LogP contribution in [0.3, 0.4) is 0 Å². The first-order valence-electron chi connectivity index (χ1n) is 13.5. The molecule has 3 atom stereocenters. The lowest BCUT2D eigenvalue weighted by atomic mass is 10.0. The minimum Gasteiger partial charge on any atom is -0.335 e. The minimum atomic E-state index is 0.205. The molecule has 3 unspecified atom stereocenters. The summed E-state index contributed by atoms with van der Waals surface area (Å²) < 4.78 is 0. The number of benzene rings is 2. The minimum absolute atomic E-state index is 0.205. The van der Waals surface area contributed by atoms with Crippen LogP contribution in [0.4, 0.5) is 0 Å². The fourth-order valence-corrected chi connectivity index (χ4v) is 5.97. The van der Waals surface area contributed by atoms with Crippen LogP contribution in [0.25, 0.3) is 0 Å². The van der Waals surface area contributed by atoms with E-state index in [1.165, 1.54) is 41.6 Å². The second-order valence-corrected chi connectivity index (χ2v) is 10.5. The van der Waals surface area contributed by atoms with Crippen LogP contribution in [0.2, 0.25) is 0 Å². The summed E-state index contributed by atoms with van der Waals surface area (Å²) >= 11 is 0. The van der Waals surface area contributed by atoms with E-state index in [0.717, 1.165) is 38.9 Å². The summed E-state index contributed by atoms with van der Waals surface area (Å²) in [4.78, 5) is 18.0. The number of nitrogens with zero attached hydrogens (tertiary/aromatic N) is 3. The van der Waals surface area contributed by atoms with Gasteiger partial charge in [-0.15, -0.1) is 0 Å². The van der Waals surface area contributed by atoms with E-state index >= 15 is 0 Å². The van der Waals surface area contributed by atoms with Crippen molar-refractivity contribution in [2.75, 3.05) is 26.2 Å². The Morgan fingerprint density at radius 3 is 2.60 bits per heavy atom. The van der Waals surface area contributed by atoms with Crippen LogP contribution in [-0.4, -0.2) is 52.9 Å².